The summed E-state index contributed by atoms with van der Waals surface area (Å²) in [6, 6.07) is 22.3. The number of hydrogen-bond donors (Lipinski definition) is 0. The maximum atomic E-state index is 2.39. The molecule has 0 saturated carbocycles. The monoisotopic (exact) mass is 429 g/mol. The first-order valence-electron chi connectivity index (χ1n) is 7.82. The van der Waals surface area contributed by atoms with Crippen LogP contribution < -0.4 is 24.8 Å². The molecule has 0 saturated heterocycles. The molecule has 0 aromatic heterocycles. The first kappa shape index (κ1) is 19.4. The molecular formula is C21H17Cl2Zr. The van der Waals surface area contributed by atoms with Crippen molar-refractivity contribution in [1.29, 1.82) is 0 Å². The van der Waals surface area contributed by atoms with Crippen LogP contribution in [0.2, 0.25) is 0 Å². The van der Waals surface area contributed by atoms with Crippen LogP contribution in [0.5, 0.6) is 0 Å². The van der Waals surface area contributed by atoms with Crippen LogP contribution >= 0.6 is 0 Å². The first-order valence-corrected chi connectivity index (χ1v) is 9.24. The summed E-state index contributed by atoms with van der Waals surface area (Å²) in [7, 11) is 0. The molecule has 1 aliphatic rings. The minimum absolute atomic E-state index is 0. The van der Waals surface area contributed by atoms with Crippen molar-refractivity contribution >= 4 is 22.4 Å². The van der Waals surface area contributed by atoms with Crippen LogP contribution in [0, 0.1) is 0 Å². The second-order valence-electron chi connectivity index (χ2n) is 5.83. The Morgan fingerprint density at radius 3 is 2.21 bits per heavy atom. The standard InChI is InChI=1S/C21H17.2ClH.Zr/c1-2-15-11-12-20(21-10-6-5-9-19(15)21)18-13-16-7-3-4-8-17(16)14-18;;;/h3-14H,2H2,1H3;2*1H;/q;;;+2/p-2. The molecule has 3 aromatic rings. The Morgan fingerprint density at radius 2 is 1.50 bits per heavy atom. The molecule has 119 valence electrons. The number of allylic oxidation sites excluding steroid dienone is 1. The van der Waals surface area contributed by atoms with Gasteiger partial charge in [-0.2, -0.15) is 0 Å². The summed E-state index contributed by atoms with van der Waals surface area (Å²) in [4.78, 5) is 0. The predicted molar refractivity (Wildman–Crippen MR) is 90.4 cm³/mol. The fraction of sp³-hybridized carbons (Fsp3) is 0.143. The second-order valence-corrected chi connectivity index (χ2v) is 7.25. The topological polar surface area (TPSA) is 0 Å². The summed E-state index contributed by atoms with van der Waals surface area (Å²) in [5, 5.41) is 2.80. The third kappa shape index (κ3) is 3.15. The molecule has 0 amide bonds. The zero-order chi connectivity index (χ0) is 15.1. The fourth-order valence-electron chi connectivity index (χ4n) is 3.48. The quantitative estimate of drug-likeness (QED) is 0.516. The van der Waals surface area contributed by atoms with Gasteiger partial charge in [0.05, 0.1) is 0 Å². The Kier molecular flexibility index (Phi) is 6.48. The molecular weight excluding hydrogens is 414 g/mol. The molecule has 0 radical (unpaired) electrons. The molecule has 0 fully saturated rings. The SMILES string of the molecule is CCc1ccc(C2=Cc3ccccc3[CH]2[Zr+2])c2ccccc12.[Cl-].[Cl-]. The minimum Gasteiger partial charge on any atom is -1.00 e. The van der Waals surface area contributed by atoms with Crippen molar-refractivity contribution < 1.29 is 49.5 Å². The Bertz CT molecular complexity index is 899. The van der Waals surface area contributed by atoms with Gasteiger partial charge >= 0.3 is 147 Å². The van der Waals surface area contributed by atoms with Gasteiger partial charge in [-0.3, -0.25) is 0 Å². The molecule has 1 unspecified atom stereocenters. The summed E-state index contributed by atoms with van der Waals surface area (Å²) < 4.78 is 0.555. The molecule has 0 aliphatic heterocycles. The van der Waals surface area contributed by atoms with Crippen molar-refractivity contribution in [3.05, 3.63) is 82.9 Å². The zero-order valence-corrected chi connectivity index (χ0v) is 17.4. The molecule has 4 rings (SSSR count). The minimum atomic E-state index is 0. The van der Waals surface area contributed by atoms with Crippen molar-refractivity contribution in [3.63, 3.8) is 0 Å². The van der Waals surface area contributed by atoms with E-state index in [0.717, 1.165) is 6.42 Å². The Labute approximate surface area is 171 Å². The van der Waals surface area contributed by atoms with Crippen molar-refractivity contribution in [3.8, 4) is 0 Å². The summed E-state index contributed by atoms with van der Waals surface area (Å²) in [5.41, 5.74) is 7.21. The third-order valence-corrected chi connectivity index (χ3v) is 6.16. The van der Waals surface area contributed by atoms with Gasteiger partial charge in [0.1, 0.15) is 0 Å². The first-order chi connectivity index (χ1) is 10.8. The van der Waals surface area contributed by atoms with E-state index in [1.165, 1.54) is 38.6 Å². The summed E-state index contributed by atoms with van der Waals surface area (Å²) in [6.45, 7) is 2.24. The van der Waals surface area contributed by atoms with E-state index in [9.17, 15) is 0 Å². The summed E-state index contributed by atoms with van der Waals surface area (Å²) in [6.07, 6.45) is 3.48. The van der Waals surface area contributed by atoms with Crippen LogP contribution in [-0.2, 0) is 31.1 Å². The average Bonchev–Trinajstić information content (AvgIpc) is 2.91. The number of benzene rings is 3. The molecule has 0 bridgehead atoms. The fourth-order valence-corrected chi connectivity index (χ4v) is 4.71. The Morgan fingerprint density at radius 1 is 0.833 bits per heavy atom. The smallest absolute Gasteiger partial charge is 1.00 e. The van der Waals surface area contributed by atoms with Gasteiger partial charge in [0.25, 0.3) is 0 Å². The van der Waals surface area contributed by atoms with Gasteiger partial charge in [0, 0.05) is 0 Å². The van der Waals surface area contributed by atoms with Crippen molar-refractivity contribution in [1.82, 2.24) is 0 Å². The van der Waals surface area contributed by atoms with E-state index in [1.54, 1.807) is 24.7 Å². The molecule has 24 heavy (non-hydrogen) atoms. The van der Waals surface area contributed by atoms with Crippen LogP contribution in [0.15, 0.2) is 60.7 Å². The number of aryl methyl sites for hydroxylation is 1. The van der Waals surface area contributed by atoms with E-state index in [-0.39, 0.29) is 24.8 Å². The average molecular weight is 431 g/mol. The molecule has 1 atom stereocenters. The normalized spacial score (nSPS) is 15.3. The van der Waals surface area contributed by atoms with Crippen molar-refractivity contribution in [2.24, 2.45) is 0 Å². The van der Waals surface area contributed by atoms with Crippen LogP contribution in [0.25, 0.3) is 22.4 Å². The van der Waals surface area contributed by atoms with E-state index in [0.29, 0.717) is 3.63 Å². The maximum Gasteiger partial charge on any atom is -1.00 e. The van der Waals surface area contributed by atoms with Gasteiger partial charge in [-0.25, -0.2) is 0 Å². The van der Waals surface area contributed by atoms with Gasteiger partial charge in [-0.05, 0) is 0 Å². The van der Waals surface area contributed by atoms with Crippen LogP contribution in [0.4, 0.5) is 0 Å². The molecule has 3 aromatic carbocycles. The third-order valence-electron chi connectivity index (χ3n) is 4.64. The van der Waals surface area contributed by atoms with Gasteiger partial charge in [-0.15, -0.1) is 0 Å². The van der Waals surface area contributed by atoms with E-state index < -0.39 is 0 Å². The van der Waals surface area contributed by atoms with Crippen LogP contribution in [-0.4, -0.2) is 0 Å². The maximum absolute atomic E-state index is 2.39. The Hall–Kier alpha value is -0.877. The Balaban J connectivity index is 0.00000104. The molecule has 0 nitrogen and oxygen atoms in total. The molecule has 0 heterocycles. The van der Waals surface area contributed by atoms with E-state index in [1.807, 2.05) is 0 Å². The molecule has 0 spiro atoms. The number of rotatable bonds is 2. The molecule has 0 N–H and O–H groups in total. The van der Waals surface area contributed by atoms with Gasteiger partial charge in [0.2, 0.25) is 0 Å². The van der Waals surface area contributed by atoms with Crippen LogP contribution in [0.1, 0.15) is 32.8 Å². The van der Waals surface area contributed by atoms with Gasteiger partial charge < -0.3 is 24.8 Å². The second kappa shape index (κ2) is 8.00. The van der Waals surface area contributed by atoms with E-state index in [4.69, 9.17) is 0 Å². The zero-order valence-electron chi connectivity index (χ0n) is 13.4. The van der Waals surface area contributed by atoms with Gasteiger partial charge in [0.15, 0.2) is 0 Å². The summed E-state index contributed by atoms with van der Waals surface area (Å²) in [5.74, 6) is 0. The van der Waals surface area contributed by atoms with E-state index in [2.05, 4.69) is 73.7 Å². The van der Waals surface area contributed by atoms with Crippen molar-refractivity contribution in [2.45, 2.75) is 17.0 Å². The number of fused-ring (bicyclic) bond motifs is 2. The van der Waals surface area contributed by atoms with Crippen LogP contribution in [0.3, 0.4) is 0 Å². The number of halogens is 2. The molecule has 1 aliphatic carbocycles. The number of hydrogen-bond acceptors (Lipinski definition) is 0. The molecule has 3 heteroatoms. The largest absolute Gasteiger partial charge is 1.00 e. The summed E-state index contributed by atoms with van der Waals surface area (Å²) >= 11 is 1.56. The predicted octanol–water partition coefficient (Wildman–Crippen LogP) is -0.448. The van der Waals surface area contributed by atoms with Crippen molar-refractivity contribution in [2.75, 3.05) is 0 Å². The van der Waals surface area contributed by atoms with Gasteiger partial charge in [-0.1, -0.05) is 0 Å². The van der Waals surface area contributed by atoms with E-state index >= 15 is 0 Å².